The van der Waals surface area contributed by atoms with Gasteiger partial charge in [-0.1, -0.05) is 0 Å². The van der Waals surface area contributed by atoms with Crippen molar-refractivity contribution in [2.75, 3.05) is 67.5 Å². The van der Waals surface area contributed by atoms with E-state index in [4.69, 9.17) is 28.3 Å². The van der Waals surface area contributed by atoms with Crippen LogP contribution in [0.2, 0.25) is 0 Å². The van der Waals surface area contributed by atoms with Gasteiger partial charge in [0.25, 0.3) is 0 Å². The highest BCUT2D eigenvalue weighted by atomic mass is 16.6. The topological polar surface area (TPSA) is 55.4 Å². The first-order valence-electron chi connectivity index (χ1n) is 7.13. The van der Waals surface area contributed by atoms with Gasteiger partial charge in [0.1, 0.15) is 0 Å². The summed E-state index contributed by atoms with van der Waals surface area (Å²) >= 11 is 0. The van der Waals surface area contributed by atoms with E-state index in [1.165, 1.54) is 0 Å². The lowest BCUT2D eigenvalue weighted by Crippen LogP contribution is -2.31. The highest BCUT2D eigenvalue weighted by Gasteiger charge is 2.18. The highest BCUT2D eigenvalue weighted by molar-refractivity contribution is 6.44. The van der Waals surface area contributed by atoms with Crippen molar-refractivity contribution in [1.29, 1.82) is 0 Å². The third-order valence-electron chi connectivity index (χ3n) is 2.48. The molecule has 0 N–H and O–H groups in total. The summed E-state index contributed by atoms with van der Waals surface area (Å²) in [5, 5.41) is 0. The van der Waals surface area contributed by atoms with Crippen LogP contribution in [0.1, 0.15) is 19.3 Å². The zero-order valence-electron chi connectivity index (χ0n) is 13.1. The fraction of sp³-hybridized carbons (Fsp3) is 1.00. The molecule has 0 saturated heterocycles. The van der Waals surface area contributed by atoms with E-state index in [0.29, 0.717) is 46.1 Å². The van der Waals surface area contributed by atoms with Gasteiger partial charge in [-0.3, -0.25) is 0 Å². The first-order chi connectivity index (χ1) is 9.85. The number of rotatable bonds is 16. The van der Waals surface area contributed by atoms with Gasteiger partial charge in [-0.2, -0.15) is 0 Å². The maximum atomic E-state index is 5.63. The van der Waals surface area contributed by atoms with Crippen LogP contribution in [0.4, 0.5) is 0 Å². The van der Waals surface area contributed by atoms with Crippen molar-refractivity contribution < 1.29 is 28.3 Å². The van der Waals surface area contributed by atoms with Crippen LogP contribution in [0.5, 0.6) is 0 Å². The Kier molecular flexibility index (Phi) is 16.7. The van der Waals surface area contributed by atoms with Crippen LogP contribution in [-0.4, -0.2) is 74.6 Å². The van der Waals surface area contributed by atoms with E-state index in [9.17, 15) is 0 Å². The molecule has 0 aromatic carbocycles. The molecular weight excluding hydrogens is 263 g/mol. The van der Waals surface area contributed by atoms with Crippen molar-refractivity contribution in [3.05, 3.63) is 0 Å². The molecule has 20 heavy (non-hydrogen) atoms. The molecule has 7 heteroatoms. The second kappa shape index (κ2) is 16.9. The maximum absolute atomic E-state index is 5.63. The Bertz CT molecular complexity index is 172. The molecule has 0 rings (SSSR count). The van der Waals surface area contributed by atoms with Crippen molar-refractivity contribution >= 4 is 7.12 Å². The highest BCUT2D eigenvalue weighted by Crippen LogP contribution is 1.97. The summed E-state index contributed by atoms with van der Waals surface area (Å²) in [7, 11) is 4.71. The number of ether oxygens (including phenoxy) is 4. The Morgan fingerprint density at radius 2 is 1.05 bits per heavy atom. The predicted octanol–water partition coefficient (Wildman–Crippen LogP) is 1.17. The molecule has 0 aromatic heterocycles. The number of methoxy groups -OCH3 is 3. The van der Waals surface area contributed by atoms with Crippen LogP contribution in [0.15, 0.2) is 0 Å². The third kappa shape index (κ3) is 14.2. The second-order valence-electron chi connectivity index (χ2n) is 4.29. The molecule has 0 aliphatic heterocycles. The molecule has 6 nitrogen and oxygen atoms in total. The van der Waals surface area contributed by atoms with Crippen molar-refractivity contribution in [1.82, 2.24) is 0 Å². The minimum atomic E-state index is -0.328. The van der Waals surface area contributed by atoms with Crippen molar-refractivity contribution in [2.45, 2.75) is 19.3 Å². The Morgan fingerprint density at radius 3 is 1.50 bits per heavy atom. The third-order valence-corrected chi connectivity index (χ3v) is 2.48. The van der Waals surface area contributed by atoms with Gasteiger partial charge in [0.05, 0.1) is 6.51 Å². The zero-order valence-corrected chi connectivity index (χ0v) is 13.1. The zero-order chi connectivity index (χ0) is 14.9. The van der Waals surface area contributed by atoms with E-state index in [-0.39, 0.29) is 7.12 Å². The van der Waals surface area contributed by atoms with E-state index in [2.05, 4.69) is 0 Å². The molecule has 0 heterocycles. The second-order valence-corrected chi connectivity index (χ2v) is 4.29. The lowest BCUT2D eigenvalue weighted by Gasteiger charge is -2.15. The molecule has 0 amide bonds. The van der Waals surface area contributed by atoms with Crippen LogP contribution >= 0.6 is 0 Å². The first kappa shape index (κ1) is 19.8. The fourth-order valence-electron chi connectivity index (χ4n) is 1.47. The molecule has 0 aromatic rings. The SMILES string of the molecule is COCCCOCB(OCCCOC)OCCCOC. The summed E-state index contributed by atoms with van der Waals surface area (Å²) in [6, 6.07) is 0. The molecule has 0 bridgehead atoms. The normalized spacial score (nSPS) is 10.9. The first-order valence-corrected chi connectivity index (χ1v) is 7.13. The van der Waals surface area contributed by atoms with E-state index in [0.717, 1.165) is 19.3 Å². The number of hydrogen-bond donors (Lipinski definition) is 0. The van der Waals surface area contributed by atoms with Crippen LogP contribution in [0.25, 0.3) is 0 Å². The minimum Gasteiger partial charge on any atom is -0.410 e. The predicted molar refractivity (Wildman–Crippen MR) is 78.0 cm³/mol. The Morgan fingerprint density at radius 1 is 0.600 bits per heavy atom. The van der Waals surface area contributed by atoms with Gasteiger partial charge in [0, 0.05) is 61.0 Å². The van der Waals surface area contributed by atoms with E-state index >= 15 is 0 Å². The lowest BCUT2D eigenvalue weighted by molar-refractivity contribution is 0.0897. The van der Waals surface area contributed by atoms with Gasteiger partial charge >= 0.3 is 7.12 Å². The summed E-state index contributed by atoms with van der Waals surface area (Å²) < 4.78 is 31.7. The Balaban J connectivity index is 3.67. The van der Waals surface area contributed by atoms with Crippen LogP contribution in [-0.2, 0) is 28.3 Å². The Labute approximate surface area is 123 Å². The molecule has 0 aliphatic rings. The molecule has 0 radical (unpaired) electrons. The summed E-state index contributed by atoms with van der Waals surface area (Å²) in [6.07, 6.45) is 2.56. The van der Waals surface area contributed by atoms with Gasteiger partial charge in [-0.25, -0.2) is 0 Å². The quantitative estimate of drug-likeness (QED) is 0.314. The van der Waals surface area contributed by atoms with Crippen molar-refractivity contribution in [3.63, 3.8) is 0 Å². The van der Waals surface area contributed by atoms with Crippen LogP contribution < -0.4 is 0 Å². The molecule has 0 spiro atoms. The summed E-state index contributed by atoms with van der Waals surface area (Å²) in [5.41, 5.74) is 0. The molecule has 0 fully saturated rings. The maximum Gasteiger partial charge on any atom is 0.484 e. The Hall–Kier alpha value is -0.175. The molecule has 0 saturated carbocycles. The van der Waals surface area contributed by atoms with E-state index in [1.54, 1.807) is 21.3 Å². The van der Waals surface area contributed by atoms with Crippen molar-refractivity contribution in [2.24, 2.45) is 0 Å². The van der Waals surface area contributed by atoms with Crippen LogP contribution in [0.3, 0.4) is 0 Å². The molecule has 0 unspecified atom stereocenters. The van der Waals surface area contributed by atoms with Crippen molar-refractivity contribution in [3.8, 4) is 0 Å². The number of hydrogen-bond acceptors (Lipinski definition) is 6. The van der Waals surface area contributed by atoms with Gasteiger partial charge in [0.15, 0.2) is 0 Å². The average molecular weight is 292 g/mol. The lowest BCUT2D eigenvalue weighted by atomic mass is 9.92. The largest absolute Gasteiger partial charge is 0.484 e. The van der Waals surface area contributed by atoms with Gasteiger partial charge in [-0.05, 0) is 19.3 Å². The van der Waals surface area contributed by atoms with Gasteiger partial charge in [-0.15, -0.1) is 0 Å². The van der Waals surface area contributed by atoms with Gasteiger partial charge in [0.2, 0.25) is 0 Å². The molecular formula is C13H29BO6. The van der Waals surface area contributed by atoms with Crippen LogP contribution in [0, 0.1) is 0 Å². The fourth-order valence-corrected chi connectivity index (χ4v) is 1.47. The summed E-state index contributed by atoms with van der Waals surface area (Å²) in [6.45, 7) is 4.36. The van der Waals surface area contributed by atoms with Gasteiger partial charge < -0.3 is 28.3 Å². The molecule has 0 aliphatic carbocycles. The molecule has 0 atom stereocenters. The molecule has 120 valence electrons. The van der Waals surface area contributed by atoms with E-state index in [1.807, 2.05) is 0 Å². The monoisotopic (exact) mass is 292 g/mol. The summed E-state index contributed by atoms with van der Waals surface area (Å²) in [5.74, 6) is 0. The van der Waals surface area contributed by atoms with E-state index < -0.39 is 0 Å². The average Bonchev–Trinajstić information content (AvgIpc) is 2.47. The standard InChI is InChI=1S/C13H29BO6/c1-15-7-4-10-18-13-14(19-11-5-8-16-2)20-12-6-9-17-3/h4-13H2,1-3H3. The summed E-state index contributed by atoms with van der Waals surface area (Å²) in [4.78, 5) is 0. The minimum absolute atomic E-state index is 0.328. The smallest absolute Gasteiger partial charge is 0.410 e.